The van der Waals surface area contributed by atoms with Gasteiger partial charge in [0.05, 0.1) is 10.6 Å². The van der Waals surface area contributed by atoms with Crippen molar-refractivity contribution in [2.45, 2.75) is 17.7 Å². The van der Waals surface area contributed by atoms with Gasteiger partial charge in [0.25, 0.3) is 0 Å². The quantitative estimate of drug-likeness (QED) is 0.632. The minimum absolute atomic E-state index is 0.0545. The molecule has 1 aromatic rings. The number of Topliss-reactive ketones (excluding diaryl/α,β-unsaturated/α-hetero) is 1. The molecule has 0 amide bonds. The van der Waals surface area contributed by atoms with Gasteiger partial charge in [0.2, 0.25) is 0 Å². The second-order valence-electron chi connectivity index (χ2n) is 3.89. The first kappa shape index (κ1) is 11.8. The van der Waals surface area contributed by atoms with Crippen LogP contribution in [0, 0.1) is 0 Å². The van der Waals surface area contributed by atoms with Crippen LogP contribution in [0.3, 0.4) is 0 Å². The van der Waals surface area contributed by atoms with Gasteiger partial charge in [-0.25, -0.2) is 8.42 Å². The third-order valence-corrected chi connectivity index (χ3v) is 4.48. The predicted molar refractivity (Wildman–Crippen MR) is 58.8 cm³/mol. The molecule has 1 N–H and O–H groups in total. The van der Waals surface area contributed by atoms with Crippen LogP contribution in [0.15, 0.2) is 23.1 Å². The number of aryl methyl sites for hydroxylation is 1. The second-order valence-corrected chi connectivity index (χ2v) is 5.96. The molecular formula is C11H10O5S. The van der Waals surface area contributed by atoms with Gasteiger partial charge in [-0.05, 0) is 24.1 Å². The van der Waals surface area contributed by atoms with E-state index in [9.17, 15) is 18.0 Å². The zero-order valence-corrected chi connectivity index (χ0v) is 9.66. The molecule has 0 spiro atoms. The number of hydrogen-bond acceptors (Lipinski definition) is 4. The monoisotopic (exact) mass is 254 g/mol. The summed E-state index contributed by atoms with van der Waals surface area (Å²) >= 11 is 0. The molecule has 0 unspecified atom stereocenters. The van der Waals surface area contributed by atoms with Gasteiger partial charge in [0.15, 0.2) is 15.6 Å². The van der Waals surface area contributed by atoms with Crippen LogP contribution in [-0.2, 0) is 21.1 Å². The van der Waals surface area contributed by atoms with Crippen molar-refractivity contribution >= 4 is 21.6 Å². The molecule has 0 aliphatic carbocycles. The van der Waals surface area contributed by atoms with Crippen molar-refractivity contribution in [1.82, 2.24) is 0 Å². The van der Waals surface area contributed by atoms with E-state index in [1.807, 2.05) is 0 Å². The highest BCUT2D eigenvalue weighted by Gasteiger charge is 2.26. The van der Waals surface area contributed by atoms with Gasteiger partial charge < -0.3 is 5.11 Å². The van der Waals surface area contributed by atoms with Gasteiger partial charge >= 0.3 is 5.97 Å². The molecule has 90 valence electrons. The van der Waals surface area contributed by atoms with Crippen molar-refractivity contribution in [3.05, 3.63) is 29.3 Å². The molecule has 2 rings (SSSR count). The standard InChI is InChI=1S/C11H10O5S/c12-9(6-11(13)14)7-1-2-10-8(5-7)3-4-17(10,15)16/h1-2,5H,3-4,6H2,(H,13,14). The van der Waals surface area contributed by atoms with Crippen molar-refractivity contribution in [1.29, 1.82) is 0 Å². The van der Waals surface area contributed by atoms with Crippen LogP contribution in [-0.4, -0.2) is 31.0 Å². The molecule has 0 fully saturated rings. The van der Waals surface area contributed by atoms with E-state index in [0.717, 1.165) is 0 Å². The van der Waals surface area contributed by atoms with Gasteiger partial charge in [-0.3, -0.25) is 9.59 Å². The van der Waals surface area contributed by atoms with Crippen LogP contribution in [0.4, 0.5) is 0 Å². The molecule has 0 aromatic heterocycles. The minimum Gasteiger partial charge on any atom is -0.481 e. The van der Waals surface area contributed by atoms with Gasteiger partial charge in [0.1, 0.15) is 6.42 Å². The number of benzene rings is 1. The van der Waals surface area contributed by atoms with Crippen LogP contribution in [0.25, 0.3) is 0 Å². The summed E-state index contributed by atoms with van der Waals surface area (Å²) in [6.45, 7) is 0. The number of hydrogen-bond donors (Lipinski definition) is 1. The molecule has 6 heteroatoms. The lowest BCUT2D eigenvalue weighted by Gasteiger charge is -2.02. The summed E-state index contributed by atoms with van der Waals surface area (Å²) in [7, 11) is -3.20. The number of fused-ring (bicyclic) bond motifs is 1. The van der Waals surface area contributed by atoms with E-state index in [1.165, 1.54) is 18.2 Å². The average Bonchev–Trinajstić information content (AvgIpc) is 2.53. The average molecular weight is 254 g/mol. The number of rotatable bonds is 3. The Morgan fingerprint density at radius 1 is 1.29 bits per heavy atom. The lowest BCUT2D eigenvalue weighted by Crippen LogP contribution is -2.07. The highest BCUT2D eigenvalue weighted by atomic mass is 32.2. The fourth-order valence-electron chi connectivity index (χ4n) is 1.85. The van der Waals surface area contributed by atoms with E-state index < -0.39 is 28.0 Å². The topological polar surface area (TPSA) is 88.5 Å². The molecule has 5 nitrogen and oxygen atoms in total. The number of carboxylic acid groups (broad SMARTS) is 1. The Morgan fingerprint density at radius 2 is 2.00 bits per heavy atom. The molecule has 1 aliphatic heterocycles. The Labute approximate surface area is 98.0 Å². The molecule has 1 aromatic carbocycles. The lowest BCUT2D eigenvalue weighted by molar-refractivity contribution is -0.135. The summed E-state index contributed by atoms with van der Waals surface area (Å²) in [4.78, 5) is 22.1. The Morgan fingerprint density at radius 3 is 2.65 bits per heavy atom. The highest BCUT2D eigenvalue weighted by molar-refractivity contribution is 7.91. The first-order valence-electron chi connectivity index (χ1n) is 5.01. The van der Waals surface area contributed by atoms with Gasteiger partial charge in [-0.15, -0.1) is 0 Å². The van der Waals surface area contributed by atoms with E-state index in [4.69, 9.17) is 5.11 Å². The van der Waals surface area contributed by atoms with Crippen LogP contribution in [0.5, 0.6) is 0 Å². The van der Waals surface area contributed by atoms with E-state index in [2.05, 4.69) is 0 Å². The van der Waals surface area contributed by atoms with Crippen molar-refractivity contribution < 1.29 is 23.1 Å². The van der Waals surface area contributed by atoms with Crippen LogP contribution in [0.2, 0.25) is 0 Å². The maximum atomic E-state index is 11.5. The SMILES string of the molecule is O=C(O)CC(=O)c1ccc2c(c1)CCS2(=O)=O. The number of ketones is 1. The number of sulfone groups is 1. The van der Waals surface area contributed by atoms with Gasteiger partial charge in [-0.1, -0.05) is 6.07 Å². The zero-order valence-electron chi connectivity index (χ0n) is 8.84. The first-order valence-corrected chi connectivity index (χ1v) is 6.66. The molecular weight excluding hydrogens is 244 g/mol. The van der Waals surface area contributed by atoms with Crippen LogP contribution < -0.4 is 0 Å². The molecule has 17 heavy (non-hydrogen) atoms. The maximum absolute atomic E-state index is 11.5. The van der Waals surface area contributed by atoms with Crippen molar-refractivity contribution in [2.24, 2.45) is 0 Å². The summed E-state index contributed by atoms with van der Waals surface area (Å²) in [6.07, 6.45) is -0.197. The first-order chi connectivity index (χ1) is 7.90. The molecule has 0 bridgehead atoms. The summed E-state index contributed by atoms with van der Waals surface area (Å²) in [5.74, 6) is -1.65. The lowest BCUT2D eigenvalue weighted by atomic mass is 10.0. The minimum atomic E-state index is -3.20. The summed E-state index contributed by atoms with van der Waals surface area (Å²) in [5.41, 5.74) is 0.851. The highest BCUT2D eigenvalue weighted by Crippen LogP contribution is 2.26. The smallest absolute Gasteiger partial charge is 0.311 e. The molecule has 0 saturated carbocycles. The Balaban J connectivity index is 2.37. The fraction of sp³-hybridized carbons (Fsp3) is 0.273. The number of carbonyl (C=O) groups is 2. The molecule has 1 heterocycles. The zero-order chi connectivity index (χ0) is 12.6. The summed E-state index contributed by atoms with van der Waals surface area (Å²) in [5, 5.41) is 8.51. The van der Waals surface area contributed by atoms with E-state index in [-0.39, 0.29) is 16.2 Å². The van der Waals surface area contributed by atoms with E-state index in [0.29, 0.717) is 12.0 Å². The van der Waals surface area contributed by atoms with Crippen molar-refractivity contribution in [3.63, 3.8) is 0 Å². The Hall–Kier alpha value is -1.69. The molecule has 0 atom stereocenters. The second kappa shape index (κ2) is 3.96. The Kier molecular flexibility index (Phi) is 2.74. The predicted octanol–water partition coefficient (Wildman–Crippen LogP) is 0.674. The van der Waals surface area contributed by atoms with E-state index in [1.54, 1.807) is 0 Å². The summed E-state index contributed by atoms with van der Waals surface area (Å²) < 4.78 is 23.1. The van der Waals surface area contributed by atoms with Gasteiger partial charge in [0, 0.05) is 5.56 Å². The van der Waals surface area contributed by atoms with Crippen LogP contribution in [0.1, 0.15) is 22.3 Å². The summed E-state index contributed by atoms with van der Waals surface area (Å²) in [6, 6.07) is 4.23. The molecule has 0 saturated heterocycles. The van der Waals surface area contributed by atoms with E-state index >= 15 is 0 Å². The largest absolute Gasteiger partial charge is 0.481 e. The van der Waals surface area contributed by atoms with Crippen molar-refractivity contribution in [3.8, 4) is 0 Å². The fourth-order valence-corrected chi connectivity index (χ4v) is 3.39. The third kappa shape index (κ3) is 2.21. The van der Waals surface area contributed by atoms with Gasteiger partial charge in [-0.2, -0.15) is 0 Å². The Bertz CT molecular complexity index is 600. The molecule has 0 radical (unpaired) electrons. The van der Waals surface area contributed by atoms with Crippen LogP contribution >= 0.6 is 0 Å². The normalized spacial score (nSPS) is 16.5. The third-order valence-electron chi connectivity index (χ3n) is 2.67. The number of carbonyl (C=O) groups excluding carboxylic acids is 1. The number of aliphatic carboxylic acids is 1. The van der Waals surface area contributed by atoms with Crippen molar-refractivity contribution in [2.75, 3.05) is 5.75 Å². The molecule has 1 aliphatic rings. The maximum Gasteiger partial charge on any atom is 0.311 e. The number of carboxylic acids is 1.